The van der Waals surface area contributed by atoms with E-state index in [9.17, 15) is 18.7 Å². The van der Waals surface area contributed by atoms with E-state index in [0.717, 1.165) is 5.52 Å². The zero-order valence-electron chi connectivity index (χ0n) is 19.3. The first-order valence-electron chi connectivity index (χ1n) is 11.2. The van der Waals surface area contributed by atoms with Crippen LogP contribution < -0.4 is 15.9 Å². The topological polar surface area (TPSA) is 88.2 Å². The highest BCUT2D eigenvalue weighted by Crippen LogP contribution is 2.59. The number of fused-ring (bicyclic) bond motifs is 1. The number of aliphatic hydroxyl groups is 1. The quantitative estimate of drug-likeness (QED) is 0.542. The lowest BCUT2D eigenvalue weighted by molar-refractivity contribution is -0.212. The highest BCUT2D eigenvalue weighted by molar-refractivity contribution is 6.32. The molecular weight excluding hydrogens is 466 g/mol. The van der Waals surface area contributed by atoms with Gasteiger partial charge in [-0.05, 0) is 44.9 Å². The zero-order valence-corrected chi connectivity index (χ0v) is 20.0. The number of alkyl halides is 2. The van der Waals surface area contributed by atoms with E-state index in [2.05, 4.69) is 15.3 Å². The van der Waals surface area contributed by atoms with Gasteiger partial charge in [0.1, 0.15) is 5.02 Å². The second-order valence-electron chi connectivity index (χ2n) is 10.1. The summed E-state index contributed by atoms with van der Waals surface area (Å²) in [6.07, 6.45) is 2.33. The van der Waals surface area contributed by atoms with Crippen molar-refractivity contribution in [2.75, 3.05) is 23.3 Å². The average Bonchev–Trinajstić information content (AvgIpc) is 2.96. The molecule has 2 N–H and O–H groups in total. The van der Waals surface area contributed by atoms with Gasteiger partial charge in [0.25, 0.3) is 5.92 Å². The summed E-state index contributed by atoms with van der Waals surface area (Å²) in [6, 6.07) is 5.47. The Bertz CT molecular complexity index is 1320. The standard InChI is InChI=1S/C23H27ClF2N6O2/c1-21(2,34)8-9-32-17-10-14(4-5-16(17)30(3)20(32)33)28-18-15(24)11-27-19(29-18)31-12-22(13-31)6-7-23(22,25)26/h4-5,10-11,34H,6-9,12-13H2,1-3H3,(H,27,28,29). The summed E-state index contributed by atoms with van der Waals surface area (Å²) in [4.78, 5) is 23.2. The van der Waals surface area contributed by atoms with Crippen molar-refractivity contribution in [1.82, 2.24) is 19.1 Å². The van der Waals surface area contributed by atoms with Gasteiger partial charge >= 0.3 is 5.69 Å². The van der Waals surface area contributed by atoms with Gasteiger partial charge in [-0.3, -0.25) is 9.13 Å². The van der Waals surface area contributed by atoms with Gasteiger partial charge in [0.15, 0.2) is 5.82 Å². The monoisotopic (exact) mass is 492 g/mol. The third-order valence-corrected chi connectivity index (χ3v) is 7.33. The molecule has 1 saturated heterocycles. The Balaban J connectivity index is 1.40. The first kappa shape index (κ1) is 23.0. The molecule has 1 spiro atoms. The molecule has 1 aromatic carbocycles. The third-order valence-electron chi connectivity index (χ3n) is 7.05. The Morgan fingerprint density at radius 1 is 1.24 bits per heavy atom. The van der Waals surface area contributed by atoms with Crippen LogP contribution in [-0.4, -0.2) is 48.8 Å². The SMILES string of the molecule is Cn1c(=O)n(CCC(C)(C)O)c2cc(Nc3nc(N4CC5(CCC5(F)F)C4)ncc3Cl)ccc21. The van der Waals surface area contributed by atoms with Crippen LogP contribution >= 0.6 is 11.6 Å². The lowest BCUT2D eigenvalue weighted by Crippen LogP contribution is -2.70. The maximum absolute atomic E-state index is 13.9. The summed E-state index contributed by atoms with van der Waals surface area (Å²) in [5, 5.41) is 13.6. The van der Waals surface area contributed by atoms with Crippen molar-refractivity contribution in [2.45, 2.75) is 51.2 Å². The Labute approximate surface area is 200 Å². The van der Waals surface area contributed by atoms with Gasteiger partial charge < -0.3 is 15.3 Å². The minimum Gasteiger partial charge on any atom is -0.390 e. The molecule has 0 unspecified atom stereocenters. The first-order valence-corrected chi connectivity index (χ1v) is 11.6. The number of nitrogens with zero attached hydrogens (tertiary/aromatic N) is 5. The molecule has 1 saturated carbocycles. The van der Waals surface area contributed by atoms with Crippen LogP contribution in [0.5, 0.6) is 0 Å². The van der Waals surface area contributed by atoms with E-state index in [4.69, 9.17) is 11.6 Å². The predicted octanol–water partition coefficient (Wildman–Crippen LogP) is 3.92. The zero-order chi connectivity index (χ0) is 24.5. The van der Waals surface area contributed by atoms with Crippen LogP contribution in [0.25, 0.3) is 11.0 Å². The maximum Gasteiger partial charge on any atom is 0.328 e. The summed E-state index contributed by atoms with van der Waals surface area (Å²) in [6.45, 7) is 4.23. The van der Waals surface area contributed by atoms with Crippen molar-refractivity contribution in [1.29, 1.82) is 0 Å². The lowest BCUT2D eigenvalue weighted by Gasteiger charge is -2.59. The van der Waals surface area contributed by atoms with Gasteiger partial charge in [0.05, 0.1) is 28.2 Å². The van der Waals surface area contributed by atoms with Crippen molar-refractivity contribution < 1.29 is 13.9 Å². The fraction of sp³-hybridized carbons (Fsp3) is 0.522. The molecule has 34 heavy (non-hydrogen) atoms. The summed E-state index contributed by atoms with van der Waals surface area (Å²) >= 11 is 6.32. The largest absolute Gasteiger partial charge is 0.390 e. The third kappa shape index (κ3) is 3.73. The van der Waals surface area contributed by atoms with Crippen LogP contribution in [0.3, 0.4) is 0 Å². The van der Waals surface area contributed by atoms with E-state index in [1.165, 1.54) is 6.20 Å². The van der Waals surface area contributed by atoms with Crippen molar-refractivity contribution in [2.24, 2.45) is 12.5 Å². The number of halogens is 3. The molecule has 0 radical (unpaired) electrons. The van der Waals surface area contributed by atoms with Crippen LogP contribution in [0.15, 0.2) is 29.2 Å². The Morgan fingerprint density at radius 3 is 2.59 bits per heavy atom. The first-order chi connectivity index (χ1) is 15.9. The minimum atomic E-state index is -2.62. The minimum absolute atomic E-state index is 0.0576. The van der Waals surface area contributed by atoms with Gasteiger partial charge in [-0.1, -0.05) is 11.6 Å². The van der Waals surface area contributed by atoms with Gasteiger partial charge in [0.2, 0.25) is 5.95 Å². The number of hydrogen-bond donors (Lipinski definition) is 2. The molecule has 2 fully saturated rings. The predicted molar refractivity (Wildman–Crippen MR) is 127 cm³/mol. The number of anilines is 3. The van der Waals surface area contributed by atoms with Crippen LogP contribution in [0.2, 0.25) is 5.02 Å². The number of aromatic nitrogens is 4. The normalized spacial score (nSPS) is 18.7. The van der Waals surface area contributed by atoms with E-state index in [0.29, 0.717) is 47.4 Å². The van der Waals surface area contributed by atoms with Crippen LogP contribution in [0.4, 0.5) is 26.2 Å². The highest BCUT2D eigenvalue weighted by atomic mass is 35.5. The van der Waals surface area contributed by atoms with Crippen LogP contribution in [0, 0.1) is 5.41 Å². The maximum atomic E-state index is 13.9. The fourth-order valence-corrected chi connectivity index (χ4v) is 4.85. The Hall–Kier alpha value is -2.72. The van der Waals surface area contributed by atoms with Crippen molar-refractivity contribution in [3.63, 3.8) is 0 Å². The summed E-state index contributed by atoms with van der Waals surface area (Å²) in [5.74, 6) is -1.92. The molecule has 1 aliphatic heterocycles. The molecule has 2 aliphatic rings. The molecule has 0 atom stereocenters. The number of imidazole rings is 1. The number of rotatable bonds is 6. The van der Waals surface area contributed by atoms with E-state index < -0.39 is 16.9 Å². The lowest BCUT2D eigenvalue weighted by atomic mass is 9.60. The van der Waals surface area contributed by atoms with Crippen molar-refractivity contribution >= 4 is 40.1 Å². The number of nitrogens with one attached hydrogen (secondary N) is 1. The van der Waals surface area contributed by atoms with E-state index in [1.54, 1.807) is 34.9 Å². The summed E-state index contributed by atoms with van der Waals surface area (Å²) in [7, 11) is 1.71. The van der Waals surface area contributed by atoms with Gasteiger partial charge in [0, 0.05) is 38.8 Å². The van der Waals surface area contributed by atoms with Gasteiger partial charge in [-0.25, -0.2) is 18.6 Å². The fourth-order valence-electron chi connectivity index (χ4n) is 4.71. The molecule has 11 heteroatoms. The molecular formula is C23H27ClF2N6O2. The van der Waals surface area contributed by atoms with E-state index in [-0.39, 0.29) is 25.2 Å². The Morgan fingerprint density at radius 2 is 1.97 bits per heavy atom. The summed E-state index contributed by atoms with van der Waals surface area (Å²) in [5.41, 5.74) is 0.110. The smallest absolute Gasteiger partial charge is 0.328 e. The van der Waals surface area contributed by atoms with Crippen LogP contribution in [-0.2, 0) is 13.6 Å². The average molecular weight is 493 g/mol. The molecule has 0 bridgehead atoms. The van der Waals surface area contributed by atoms with Crippen molar-refractivity contribution in [3.8, 4) is 0 Å². The molecule has 3 heterocycles. The van der Waals surface area contributed by atoms with E-state index in [1.807, 2.05) is 18.2 Å². The second kappa shape index (κ2) is 7.64. The Kier molecular flexibility index (Phi) is 5.18. The molecule has 3 aromatic rings. The number of aryl methyl sites for hydroxylation is 2. The summed E-state index contributed by atoms with van der Waals surface area (Å²) < 4.78 is 31.0. The highest BCUT2D eigenvalue weighted by Gasteiger charge is 2.67. The van der Waals surface area contributed by atoms with E-state index >= 15 is 0 Å². The molecule has 1 aliphatic carbocycles. The molecule has 2 aromatic heterocycles. The van der Waals surface area contributed by atoms with Gasteiger partial charge in [-0.15, -0.1) is 0 Å². The second-order valence-corrected chi connectivity index (χ2v) is 10.5. The molecule has 8 nitrogen and oxygen atoms in total. The molecule has 182 valence electrons. The number of hydrogen-bond acceptors (Lipinski definition) is 6. The number of benzene rings is 1. The van der Waals surface area contributed by atoms with Gasteiger partial charge in [-0.2, -0.15) is 4.98 Å². The molecule has 5 rings (SSSR count). The van der Waals surface area contributed by atoms with Crippen LogP contribution in [0.1, 0.15) is 33.1 Å². The van der Waals surface area contributed by atoms with Crippen molar-refractivity contribution in [3.05, 3.63) is 39.9 Å². The molecule has 0 amide bonds.